The molecule has 2 rings (SSSR count). The van der Waals surface area contributed by atoms with Crippen LogP contribution in [0.2, 0.25) is 5.02 Å². The van der Waals surface area contributed by atoms with Crippen LogP contribution < -0.4 is 14.4 Å². The van der Waals surface area contributed by atoms with E-state index in [4.69, 9.17) is 25.8 Å². The first-order valence-corrected chi connectivity index (χ1v) is 10.7. The van der Waals surface area contributed by atoms with E-state index >= 15 is 0 Å². The summed E-state index contributed by atoms with van der Waals surface area (Å²) in [5.74, 6) is 0.785. The largest absolute Gasteiger partial charge is 0.494 e. The van der Waals surface area contributed by atoms with Crippen LogP contribution in [0.5, 0.6) is 11.5 Å². The Morgan fingerprint density at radius 3 is 2.36 bits per heavy atom. The quantitative estimate of drug-likeness (QED) is 0.162. The number of rotatable bonds is 12. The molecule has 2 aromatic rings. The SMILES string of the molecule is CCOC(=O)CCCN(CC)c1cc(OC)c(N=Nc2ccc([N+](=O)[O-])cc2Cl)cc1OC. The molecule has 0 N–H and O–H groups in total. The van der Waals surface area contributed by atoms with Crippen LogP contribution in [0.15, 0.2) is 40.6 Å². The maximum absolute atomic E-state index is 11.6. The molecule has 33 heavy (non-hydrogen) atoms. The lowest BCUT2D eigenvalue weighted by molar-refractivity contribution is -0.384. The van der Waals surface area contributed by atoms with E-state index in [0.29, 0.717) is 49.7 Å². The molecule has 0 saturated carbocycles. The van der Waals surface area contributed by atoms with Crippen molar-refractivity contribution in [2.45, 2.75) is 26.7 Å². The Labute approximate surface area is 197 Å². The standard InChI is InChI=1S/C22H27ClN4O6/c1-5-26(11-7-8-22(28)33-6-2)19-14-20(31-3)18(13-21(19)32-4)25-24-17-10-9-15(27(29)30)12-16(17)23/h9-10,12-14H,5-8,11H2,1-4H3. The fourth-order valence-corrected chi connectivity index (χ4v) is 3.30. The monoisotopic (exact) mass is 478 g/mol. The van der Waals surface area contributed by atoms with Crippen LogP contribution >= 0.6 is 11.6 Å². The van der Waals surface area contributed by atoms with Crippen molar-refractivity contribution in [3.05, 3.63) is 45.5 Å². The Hall–Kier alpha value is -3.40. The maximum atomic E-state index is 11.6. The molecule has 0 aliphatic heterocycles. The summed E-state index contributed by atoms with van der Waals surface area (Å²) in [5, 5.41) is 19.3. The van der Waals surface area contributed by atoms with Gasteiger partial charge in [-0.15, -0.1) is 10.2 Å². The molecule has 0 fully saturated rings. The molecule has 0 bridgehead atoms. The summed E-state index contributed by atoms with van der Waals surface area (Å²) in [6.07, 6.45) is 0.949. The second-order valence-electron chi connectivity index (χ2n) is 6.78. The van der Waals surface area contributed by atoms with Gasteiger partial charge in [0.2, 0.25) is 0 Å². The van der Waals surface area contributed by atoms with Gasteiger partial charge in [0.25, 0.3) is 5.69 Å². The molecule has 2 aromatic carbocycles. The number of non-ortho nitro benzene ring substituents is 1. The lowest BCUT2D eigenvalue weighted by Crippen LogP contribution is -2.25. The van der Waals surface area contributed by atoms with Crippen molar-refractivity contribution in [2.75, 3.05) is 38.8 Å². The molecule has 10 nitrogen and oxygen atoms in total. The first-order valence-electron chi connectivity index (χ1n) is 10.4. The van der Waals surface area contributed by atoms with Gasteiger partial charge in [-0.25, -0.2) is 0 Å². The highest BCUT2D eigenvalue weighted by Crippen LogP contribution is 2.41. The lowest BCUT2D eigenvalue weighted by Gasteiger charge is -2.25. The van der Waals surface area contributed by atoms with Crippen LogP contribution in [0.1, 0.15) is 26.7 Å². The minimum atomic E-state index is -0.536. The topological polar surface area (TPSA) is 116 Å². The second kappa shape index (κ2) is 12.6. The summed E-state index contributed by atoms with van der Waals surface area (Å²) >= 11 is 6.09. The van der Waals surface area contributed by atoms with E-state index < -0.39 is 4.92 Å². The molecule has 0 amide bonds. The van der Waals surface area contributed by atoms with E-state index in [1.165, 1.54) is 25.3 Å². The number of anilines is 1. The number of nitrogens with zero attached hydrogens (tertiary/aromatic N) is 4. The number of methoxy groups -OCH3 is 2. The zero-order valence-corrected chi connectivity index (χ0v) is 19.8. The number of carbonyl (C=O) groups excluding carboxylic acids is 1. The predicted molar refractivity (Wildman–Crippen MR) is 126 cm³/mol. The number of hydrogen-bond acceptors (Lipinski definition) is 9. The Balaban J connectivity index is 2.29. The van der Waals surface area contributed by atoms with Crippen molar-refractivity contribution in [3.63, 3.8) is 0 Å². The number of hydrogen-bond donors (Lipinski definition) is 0. The molecule has 0 unspecified atom stereocenters. The van der Waals surface area contributed by atoms with Crippen molar-refractivity contribution in [1.82, 2.24) is 0 Å². The fourth-order valence-electron chi connectivity index (χ4n) is 3.09. The van der Waals surface area contributed by atoms with Gasteiger partial charge in [0, 0.05) is 43.8 Å². The molecular formula is C22H27ClN4O6. The molecule has 178 valence electrons. The number of esters is 1. The third-order valence-electron chi connectivity index (χ3n) is 4.72. The lowest BCUT2D eigenvalue weighted by atomic mass is 10.2. The van der Waals surface area contributed by atoms with E-state index in [2.05, 4.69) is 15.1 Å². The first kappa shape index (κ1) is 25.9. The van der Waals surface area contributed by atoms with E-state index in [1.807, 2.05) is 6.92 Å². The van der Waals surface area contributed by atoms with Gasteiger partial charge in [0.05, 0.1) is 36.5 Å². The maximum Gasteiger partial charge on any atom is 0.305 e. The third-order valence-corrected chi connectivity index (χ3v) is 5.03. The molecule has 0 aromatic heterocycles. The third kappa shape index (κ3) is 7.04. The number of nitro groups is 1. The summed E-state index contributed by atoms with van der Waals surface area (Å²) in [6, 6.07) is 7.41. The molecule has 0 atom stereocenters. The van der Waals surface area contributed by atoms with Crippen molar-refractivity contribution in [2.24, 2.45) is 10.2 Å². The second-order valence-corrected chi connectivity index (χ2v) is 7.18. The number of ether oxygens (including phenoxy) is 3. The van der Waals surface area contributed by atoms with Gasteiger partial charge in [-0.3, -0.25) is 14.9 Å². The molecule has 11 heteroatoms. The molecule has 0 spiro atoms. The van der Waals surface area contributed by atoms with Crippen LogP contribution in [0, 0.1) is 10.1 Å². The number of halogens is 1. The minimum absolute atomic E-state index is 0.106. The Morgan fingerprint density at radius 1 is 1.09 bits per heavy atom. The normalized spacial score (nSPS) is 10.8. The van der Waals surface area contributed by atoms with Gasteiger partial charge in [0.15, 0.2) is 0 Å². The van der Waals surface area contributed by atoms with Crippen molar-refractivity contribution in [1.29, 1.82) is 0 Å². The highest BCUT2D eigenvalue weighted by atomic mass is 35.5. The molecule has 0 aliphatic rings. The molecule has 0 heterocycles. The number of azo groups is 1. The average molecular weight is 479 g/mol. The highest BCUT2D eigenvalue weighted by Gasteiger charge is 2.17. The summed E-state index contributed by atoms with van der Waals surface area (Å²) < 4.78 is 16.0. The van der Waals surface area contributed by atoms with Gasteiger partial charge in [-0.1, -0.05) is 11.6 Å². The molecule has 0 radical (unpaired) electrons. The fraction of sp³-hybridized carbons (Fsp3) is 0.409. The van der Waals surface area contributed by atoms with E-state index in [-0.39, 0.29) is 22.4 Å². The van der Waals surface area contributed by atoms with Crippen LogP contribution in [-0.4, -0.2) is 44.8 Å². The Bertz CT molecular complexity index is 1010. The van der Waals surface area contributed by atoms with Crippen LogP contribution in [-0.2, 0) is 9.53 Å². The van der Waals surface area contributed by atoms with Crippen LogP contribution in [0.25, 0.3) is 0 Å². The predicted octanol–water partition coefficient (Wildman–Crippen LogP) is 5.85. The van der Waals surface area contributed by atoms with Gasteiger partial charge >= 0.3 is 5.97 Å². The zero-order valence-electron chi connectivity index (χ0n) is 19.0. The zero-order chi connectivity index (χ0) is 24.4. The van der Waals surface area contributed by atoms with E-state index in [9.17, 15) is 14.9 Å². The van der Waals surface area contributed by atoms with Crippen molar-refractivity contribution in [3.8, 4) is 11.5 Å². The Morgan fingerprint density at radius 2 is 1.79 bits per heavy atom. The summed E-state index contributed by atoms with van der Waals surface area (Å²) in [6.45, 7) is 5.44. The van der Waals surface area contributed by atoms with Crippen molar-refractivity contribution >= 4 is 40.3 Å². The Kier molecular flexibility index (Phi) is 9.86. The summed E-state index contributed by atoms with van der Waals surface area (Å²) in [7, 11) is 3.06. The van der Waals surface area contributed by atoms with Gasteiger partial charge in [0.1, 0.15) is 22.9 Å². The first-order chi connectivity index (χ1) is 15.8. The van der Waals surface area contributed by atoms with E-state index in [1.54, 1.807) is 26.2 Å². The molecule has 0 aliphatic carbocycles. The van der Waals surface area contributed by atoms with Crippen molar-refractivity contribution < 1.29 is 23.9 Å². The van der Waals surface area contributed by atoms with Crippen LogP contribution in [0.3, 0.4) is 0 Å². The summed E-state index contributed by atoms with van der Waals surface area (Å²) in [4.78, 5) is 24.0. The van der Waals surface area contributed by atoms with Gasteiger partial charge < -0.3 is 19.1 Å². The number of carbonyl (C=O) groups is 1. The van der Waals surface area contributed by atoms with E-state index in [0.717, 1.165) is 5.69 Å². The molecule has 0 saturated heterocycles. The van der Waals surface area contributed by atoms with Gasteiger partial charge in [-0.2, -0.15) is 0 Å². The minimum Gasteiger partial charge on any atom is -0.494 e. The summed E-state index contributed by atoms with van der Waals surface area (Å²) in [5.41, 5.74) is 1.33. The molecular weight excluding hydrogens is 452 g/mol. The highest BCUT2D eigenvalue weighted by molar-refractivity contribution is 6.33. The van der Waals surface area contributed by atoms with Crippen LogP contribution in [0.4, 0.5) is 22.7 Å². The number of benzene rings is 2. The number of nitro benzene ring substituents is 1. The average Bonchev–Trinajstić information content (AvgIpc) is 2.80. The smallest absolute Gasteiger partial charge is 0.305 e. The van der Waals surface area contributed by atoms with Gasteiger partial charge in [-0.05, 0) is 26.3 Å².